The minimum Gasteiger partial charge on any atom is -0.392 e. The highest BCUT2D eigenvalue weighted by Gasteiger charge is 2.10. The average molecular weight is 252 g/mol. The van der Waals surface area contributed by atoms with Gasteiger partial charge in [-0.2, -0.15) is 0 Å². The van der Waals surface area contributed by atoms with Gasteiger partial charge in [-0.1, -0.05) is 29.8 Å². The third-order valence-corrected chi connectivity index (χ3v) is 3.40. The van der Waals surface area contributed by atoms with E-state index in [0.29, 0.717) is 0 Å². The lowest BCUT2D eigenvalue weighted by Gasteiger charge is -2.03. The Morgan fingerprint density at radius 1 is 1.16 bits per heavy atom. The first-order valence-electron chi connectivity index (χ1n) is 6.32. The summed E-state index contributed by atoms with van der Waals surface area (Å²) in [7, 11) is 2.01. The molecule has 1 N–H and O–H groups in total. The topological polar surface area (TPSA) is 38.1 Å². The van der Waals surface area contributed by atoms with Crippen molar-refractivity contribution in [1.29, 1.82) is 0 Å². The van der Waals surface area contributed by atoms with Gasteiger partial charge in [0.05, 0.1) is 17.6 Å². The molecule has 0 saturated heterocycles. The highest BCUT2D eigenvalue weighted by Crippen LogP contribution is 2.25. The summed E-state index contributed by atoms with van der Waals surface area (Å²) in [5, 5.41) is 9.22. The normalized spacial score (nSPS) is 11.1. The number of aliphatic hydroxyl groups is 1. The number of aromatic nitrogens is 2. The van der Waals surface area contributed by atoms with Crippen LogP contribution in [0.3, 0.4) is 0 Å². The number of imidazole rings is 1. The molecule has 0 amide bonds. The van der Waals surface area contributed by atoms with Crippen LogP contribution >= 0.6 is 0 Å². The molecule has 1 heterocycles. The Balaban J connectivity index is 2.22. The van der Waals surface area contributed by atoms with Gasteiger partial charge in [-0.15, -0.1) is 0 Å². The summed E-state index contributed by atoms with van der Waals surface area (Å²) in [6, 6.07) is 14.2. The van der Waals surface area contributed by atoms with Crippen molar-refractivity contribution in [2.24, 2.45) is 7.05 Å². The number of fused-ring (bicyclic) bond motifs is 1. The average Bonchev–Trinajstić information content (AvgIpc) is 2.76. The first kappa shape index (κ1) is 11.9. The lowest BCUT2D eigenvalue weighted by atomic mass is 10.1. The van der Waals surface area contributed by atoms with E-state index < -0.39 is 0 Å². The Morgan fingerprint density at radius 2 is 2.00 bits per heavy atom. The highest BCUT2D eigenvalue weighted by atomic mass is 16.3. The van der Waals surface area contributed by atoms with Crippen LogP contribution in [0.1, 0.15) is 11.1 Å². The lowest BCUT2D eigenvalue weighted by Crippen LogP contribution is -1.93. The van der Waals surface area contributed by atoms with Gasteiger partial charge in [0, 0.05) is 12.6 Å². The fourth-order valence-corrected chi connectivity index (χ4v) is 2.38. The van der Waals surface area contributed by atoms with E-state index in [9.17, 15) is 5.11 Å². The van der Waals surface area contributed by atoms with E-state index in [1.165, 1.54) is 5.56 Å². The van der Waals surface area contributed by atoms with Crippen LogP contribution in [0.5, 0.6) is 0 Å². The highest BCUT2D eigenvalue weighted by molar-refractivity contribution is 5.81. The summed E-state index contributed by atoms with van der Waals surface area (Å²) >= 11 is 0. The predicted molar refractivity (Wildman–Crippen MR) is 76.8 cm³/mol. The van der Waals surface area contributed by atoms with Crippen molar-refractivity contribution in [3.05, 3.63) is 53.6 Å². The van der Waals surface area contributed by atoms with Gasteiger partial charge < -0.3 is 9.67 Å². The van der Waals surface area contributed by atoms with Gasteiger partial charge in [-0.05, 0) is 30.7 Å². The zero-order valence-corrected chi connectivity index (χ0v) is 11.1. The van der Waals surface area contributed by atoms with Crippen molar-refractivity contribution in [1.82, 2.24) is 9.55 Å². The van der Waals surface area contributed by atoms with Crippen molar-refractivity contribution in [2.75, 3.05) is 0 Å². The van der Waals surface area contributed by atoms with Crippen molar-refractivity contribution >= 4 is 11.0 Å². The number of aliphatic hydroxyl groups excluding tert-OH is 1. The summed E-state index contributed by atoms with van der Waals surface area (Å²) in [6.07, 6.45) is 0. The van der Waals surface area contributed by atoms with E-state index in [0.717, 1.165) is 28.0 Å². The zero-order valence-electron chi connectivity index (χ0n) is 11.1. The van der Waals surface area contributed by atoms with Gasteiger partial charge in [0.1, 0.15) is 5.82 Å². The van der Waals surface area contributed by atoms with Crippen molar-refractivity contribution in [2.45, 2.75) is 13.5 Å². The van der Waals surface area contributed by atoms with E-state index >= 15 is 0 Å². The summed E-state index contributed by atoms with van der Waals surface area (Å²) < 4.78 is 2.07. The number of hydrogen-bond donors (Lipinski definition) is 1. The number of nitrogens with zero attached hydrogens (tertiary/aromatic N) is 2. The Kier molecular flexibility index (Phi) is 2.84. The smallest absolute Gasteiger partial charge is 0.140 e. The molecule has 3 rings (SSSR count). The molecule has 0 aliphatic carbocycles. The summed E-state index contributed by atoms with van der Waals surface area (Å²) in [5.41, 5.74) is 5.25. The Bertz CT molecular complexity index is 744. The second kappa shape index (κ2) is 4.52. The van der Waals surface area contributed by atoms with Crippen LogP contribution in [-0.2, 0) is 13.7 Å². The van der Waals surface area contributed by atoms with Gasteiger partial charge >= 0.3 is 0 Å². The second-order valence-corrected chi connectivity index (χ2v) is 4.85. The van der Waals surface area contributed by atoms with Crippen LogP contribution in [0.4, 0.5) is 0 Å². The fourth-order valence-electron chi connectivity index (χ4n) is 2.38. The van der Waals surface area contributed by atoms with Crippen molar-refractivity contribution in [3.8, 4) is 11.4 Å². The van der Waals surface area contributed by atoms with E-state index in [4.69, 9.17) is 0 Å². The van der Waals surface area contributed by atoms with Gasteiger partial charge in [0.25, 0.3) is 0 Å². The Labute approximate surface area is 112 Å². The van der Waals surface area contributed by atoms with E-state index in [1.54, 1.807) is 0 Å². The van der Waals surface area contributed by atoms with Crippen LogP contribution in [0.25, 0.3) is 22.4 Å². The largest absolute Gasteiger partial charge is 0.392 e. The quantitative estimate of drug-likeness (QED) is 0.761. The Hall–Kier alpha value is -2.13. The van der Waals surface area contributed by atoms with Crippen molar-refractivity contribution in [3.63, 3.8) is 0 Å². The molecule has 0 bridgehead atoms. The standard InChI is InChI=1S/C16H16N2O/c1-11-4-3-5-13(8-11)16-17-14-7-6-12(10-19)9-15(14)18(16)2/h3-9,19H,10H2,1-2H3. The van der Waals surface area contributed by atoms with E-state index in [2.05, 4.69) is 34.7 Å². The molecule has 0 spiro atoms. The molecule has 19 heavy (non-hydrogen) atoms. The molecule has 0 fully saturated rings. The number of benzene rings is 2. The SMILES string of the molecule is Cc1cccc(-c2nc3ccc(CO)cc3n2C)c1. The molecule has 0 radical (unpaired) electrons. The minimum absolute atomic E-state index is 0.0564. The molecule has 3 nitrogen and oxygen atoms in total. The molecule has 3 heteroatoms. The van der Waals surface area contributed by atoms with Crippen LogP contribution in [0, 0.1) is 6.92 Å². The third kappa shape index (κ3) is 2.02. The summed E-state index contributed by atoms with van der Waals surface area (Å²) in [6.45, 7) is 2.14. The first-order valence-corrected chi connectivity index (χ1v) is 6.32. The fraction of sp³-hybridized carbons (Fsp3) is 0.188. The number of aryl methyl sites for hydroxylation is 2. The maximum atomic E-state index is 9.22. The minimum atomic E-state index is 0.0564. The molecule has 0 saturated carbocycles. The number of rotatable bonds is 2. The Morgan fingerprint density at radius 3 is 2.74 bits per heavy atom. The van der Waals surface area contributed by atoms with Gasteiger partial charge in [-0.25, -0.2) is 4.98 Å². The van der Waals surface area contributed by atoms with Gasteiger partial charge in [0.2, 0.25) is 0 Å². The summed E-state index contributed by atoms with van der Waals surface area (Å²) in [4.78, 5) is 4.68. The predicted octanol–water partition coefficient (Wildman–Crippen LogP) is 3.04. The molecule has 0 unspecified atom stereocenters. The molecule has 1 aromatic heterocycles. The van der Waals surface area contributed by atoms with Crippen LogP contribution < -0.4 is 0 Å². The molecule has 2 aromatic carbocycles. The molecular weight excluding hydrogens is 236 g/mol. The first-order chi connectivity index (χ1) is 9.19. The lowest BCUT2D eigenvalue weighted by molar-refractivity contribution is 0.282. The van der Waals surface area contributed by atoms with E-state index in [-0.39, 0.29) is 6.61 Å². The molecule has 3 aromatic rings. The summed E-state index contributed by atoms with van der Waals surface area (Å²) in [5.74, 6) is 0.953. The van der Waals surface area contributed by atoms with Gasteiger partial charge in [-0.3, -0.25) is 0 Å². The number of hydrogen-bond acceptors (Lipinski definition) is 2. The molecular formula is C16H16N2O. The monoisotopic (exact) mass is 252 g/mol. The van der Waals surface area contributed by atoms with Crippen molar-refractivity contribution < 1.29 is 5.11 Å². The van der Waals surface area contributed by atoms with Crippen LogP contribution in [-0.4, -0.2) is 14.7 Å². The zero-order chi connectivity index (χ0) is 13.4. The molecule has 0 atom stereocenters. The van der Waals surface area contributed by atoms with E-state index in [1.807, 2.05) is 31.3 Å². The molecule has 0 aliphatic rings. The third-order valence-electron chi connectivity index (χ3n) is 3.40. The maximum Gasteiger partial charge on any atom is 0.140 e. The molecule has 0 aliphatic heterocycles. The van der Waals surface area contributed by atoms with Crippen LogP contribution in [0.15, 0.2) is 42.5 Å². The second-order valence-electron chi connectivity index (χ2n) is 4.85. The van der Waals surface area contributed by atoms with Crippen LogP contribution in [0.2, 0.25) is 0 Å². The van der Waals surface area contributed by atoms with Gasteiger partial charge in [0.15, 0.2) is 0 Å². The molecule has 96 valence electrons. The maximum absolute atomic E-state index is 9.22.